The van der Waals surface area contributed by atoms with Crippen LogP contribution in [0.4, 0.5) is 4.79 Å². The first-order chi connectivity index (χ1) is 10.2. The molecule has 1 saturated heterocycles. The van der Waals surface area contributed by atoms with E-state index in [0.29, 0.717) is 32.5 Å². The van der Waals surface area contributed by atoms with Gasteiger partial charge in [-0.15, -0.1) is 0 Å². The Hall–Kier alpha value is -1.18. The third-order valence-corrected chi connectivity index (χ3v) is 3.83. The molecule has 126 valence electrons. The molecule has 0 radical (unpaired) electrons. The van der Waals surface area contributed by atoms with Crippen molar-refractivity contribution >= 4 is 11.9 Å². The summed E-state index contributed by atoms with van der Waals surface area (Å²) in [5.41, 5.74) is -0.606. The third-order valence-electron chi connectivity index (χ3n) is 3.83. The van der Waals surface area contributed by atoms with E-state index >= 15 is 0 Å². The first kappa shape index (κ1) is 17.2. The van der Waals surface area contributed by atoms with Gasteiger partial charge in [-0.05, 0) is 20.8 Å². The molecule has 2 unspecified atom stereocenters. The summed E-state index contributed by atoms with van der Waals surface area (Å²) in [6.07, 6.45) is -0.436. The fraction of sp³-hybridized carbons (Fsp3) is 0.867. The van der Waals surface area contributed by atoms with Gasteiger partial charge < -0.3 is 24.6 Å². The Morgan fingerprint density at radius 3 is 2.68 bits per heavy atom. The van der Waals surface area contributed by atoms with Crippen molar-refractivity contribution in [1.82, 2.24) is 5.32 Å². The highest BCUT2D eigenvalue weighted by Gasteiger charge is 2.46. The molecule has 1 saturated carbocycles. The number of rotatable bonds is 3. The van der Waals surface area contributed by atoms with Crippen molar-refractivity contribution in [2.45, 2.75) is 57.5 Å². The number of nitrogens with one attached hydrogen (secondary N) is 1. The minimum absolute atomic E-state index is 0.0248. The van der Waals surface area contributed by atoms with Crippen LogP contribution in [0.25, 0.3) is 0 Å². The first-order valence-electron chi connectivity index (χ1n) is 7.66. The molecule has 0 aromatic heterocycles. The molecule has 0 aromatic carbocycles. The molecule has 1 spiro atoms. The normalized spacial score (nSPS) is 26.0. The molecule has 2 N–H and O–H groups in total. The number of ketones is 1. The molecule has 1 aliphatic heterocycles. The molecule has 2 aliphatic rings. The smallest absolute Gasteiger partial charge is 0.407 e. The minimum Gasteiger partial charge on any atom is -0.444 e. The lowest BCUT2D eigenvalue weighted by atomic mass is 9.80. The highest BCUT2D eigenvalue weighted by atomic mass is 16.7. The van der Waals surface area contributed by atoms with Gasteiger partial charge in [0.25, 0.3) is 0 Å². The van der Waals surface area contributed by atoms with Crippen LogP contribution in [0.3, 0.4) is 0 Å². The van der Waals surface area contributed by atoms with Crippen LogP contribution in [0, 0.1) is 5.92 Å². The Bertz CT molecular complexity index is 424. The highest BCUT2D eigenvalue weighted by molar-refractivity contribution is 5.82. The summed E-state index contributed by atoms with van der Waals surface area (Å²) in [6, 6.07) is 0. The molecule has 1 aliphatic carbocycles. The predicted molar refractivity (Wildman–Crippen MR) is 77.2 cm³/mol. The summed E-state index contributed by atoms with van der Waals surface area (Å²) in [7, 11) is 0. The molecule has 0 bridgehead atoms. The molecule has 1 amide bonds. The molecule has 1 heterocycles. The molecular weight excluding hydrogens is 290 g/mol. The second kappa shape index (κ2) is 6.52. The van der Waals surface area contributed by atoms with Crippen LogP contribution >= 0.6 is 0 Å². The van der Waals surface area contributed by atoms with Crippen molar-refractivity contribution in [3.05, 3.63) is 0 Å². The van der Waals surface area contributed by atoms with Crippen molar-refractivity contribution < 1.29 is 28.9 Å². The van der Waals surface area contributed by atoms with Crippen molar-refractivity contribution in [3.63, 3.8) is 0 Å². The molecule has 0 aromatic rings. The van der Waals surface area contributed by atoms with Crippen molar-refractivity contribution in [1.29, 1.82) is 0 Å². The van der Waals surface area contributed by atoms with Crippen LogP contribution in [-0.4, -0.2) is 54.2 Å². The van der Waals surface area contributed by atoms with Gasteiger partial charge in [0.15, 0.2) is 5.79 Å². The SMILES string of the molecule is CC(C)(C)OC(=O)NCC(O)C1CC2(CCC1=O)OCCO2. The van der Waals surface area contributed by atoms with E-state index in [-0.39, 0.29) is 12.3 Å². The van der Waals surface area contributed by atoms with Crippen LogP contribution in [0.15, 0.2) is 0 Å². The van der Waals surface area contributed by atoms with Gasteiger partial charge in [-0.3, -0.25) is 4.79 Å². The average molecular weight is 315 g/mol. The number of hydrogen-bond donors (Lipinski definition) is 2. The fourth-order valence-electron chi connectivity index (χ4n) is 2.80. The number of alkyl carbamates (subject to hydrolysis) is 1. The second-order valence-electron chi connectivity index (χ2n) is 6.83. The van der Waals surface area contributed by atoms with Gasteiger partial charge in [0.05, 0.1) is 25.2 Å². The number of ether oxygens (including phenoxy) is 3. The topological polar surface area (TPSA) is 94.1 Å². The van der Waals surface area contributed by atoms with E-state index in [1.165, 1.54) is 0 Å². The largest absolute Gasteiger partial charge is 0.444 e. The maximum atomic E-state index is 12.0. The number of aliphatic hydroxyl groups is 1. The number of Topliss-reactive ketones (excluding diaryl/α,β-unsaturated/α-hetero) is 1. The molecule has 7 heteroatoms. The maximum absolute atomic E-state index is 12.0. The first-order valence-corrected chi connectivity index (χ1v) is 7.66. The zero-order valence-electron chi connectivity index (χ0n) is 13.4. The van der Waals surface area contributed by atoms with E-state index < -0.39 is 29.5 Å². The maximum Gasteiger partial charge on any atom is 0.407 e. The van der Waals surface area contributed by atoms with E-state index in [1.54, 1.807) is 20.8 Å². The summed E-state index contributed by atoms with van der Waals surface area (Å²) >= 11 is 0. The van der Waals surface area contributed by atoms with Gasteiger partial charge in [0.2, 0.25) is 0 Å². The Kier molecular flexibility index (Phi) is 5.09. The number of amides is 1. The Morgan fingerprint density at radius 2 is 2.09 bits per heavy atom. The number of hydrogen-bond acceptors (Lipinski definition) is 6. The minimum atomic E-state index is -0.981. The van der Waals surface area contributed by atoms with E-state index in [1.807, 2.05) is 0 Å². The zero-order chi connectivity index (χ0) is 16.4. The molecule has 2 atom stereocenters. The summed E-state index contributed by atoms with van der Waals surface area (Å²) < 4.78 is 16.3. The van der Waals surface area contributed by atoms with Gasteiger partial charge in [-0.25, -0.2) is 4.79 Å². The van der Waals surface area contributed by atoms with E-state index in [4.69, 9.17) is 14.2 Å². The van der Waals surface area contributed by atoms with Crippen LogP contribution < -0.4 is 5.32 Å². The van der Waals surface area contributed by atoms with Gasteiger partial charge in [-0.2, -0.15) is 0 Å². The van der Waals surface area contributed by atoms with Crippen LogP contribution in [0.2, 0.25) is 0 Å². The van der Waals surface area contributed by atoms with Crippen LogP contribution in [0.1, 0.15) is 40.0 Å². The van der Waals surface area contributed by atoms with Gasteiger partial charge >= 0.3 is 6.09 Å². The number of carbonyl (C=O) groups excluding carboxylic acids is 2. The number of carbonyl (C=O) groups is 2. The summed E-state index contributed by atoms with van der Waals surface area (Å²) in [5, 5.41) is 12.7. The van der Waals surface area contributed by atoms with Crippen molar-refractivity contribution in [3.8, 4) is 0 Å². The number of aliphatic hydroxyl groups excluding tert-OH is 1. The van der Waals surface area contributed by atoms with Crippen LogP contribution in [-0.2, 0) is 19.0 Å². The molecule has 2 fully saturated rings. The van der Waals surface area contributed by atoms with E-state index in [2.05, 4.69) is 5.32 Å². The van der Waals surface area contributed by atoms with Gasteiger partial charge in [0.1, 0.15) is 11.4 Å². The van der Waals surface area contributed by atoms with Crippen molar-refractivity contribution in [2.24, 2.45) is 5.92 Å². The van der Waals surface area contributed by atoms with Crippen LogP contribution in [0.5, 0.6) is 0 Å². The summed E-state index contributed by atoms with van der Waals surface area (Å²) in [4.78, 5) is 23.6. The lowest BCUT2D eigenvalue weighted by molar-refractivity contribution is -0.195. The van der Waals surface area contributed by atoms with E-state index in [0.717, 1.165) is 0 Å². The molecule has 2 rings (SSSR count). The quantitative estimate of drug-likeness (QED) is 0.806. The van der Waals surface area contributed by atoms with Crippen molar-refractivity contribution in [2.75, 3.05) is 19.8 Å². The molecular formula is C15H25NO6. The zero-order valence-corrected chi connectivity index (χ0v) is 13.4. The monoisotopic (exact) mass is 315 g/mol. The summed E-state index contributed by atoms with van der Waals surface area (Å²) in [6.45, 7) is 6.24. The lowest BCUT2D eigenvalue weighted by Crippen LogP contribution is -2.48. The van der Waals surface area contributed by atoms with Gasteiger partial charge in [0, 0.05) is 25.8 Å². The highest BCUT2D eigenvalue weighted by Crippen LogP contribution is 2.38. The fourth-order valence-corrected chi connectivity index (χ4v) is 2.80. The average Bonchev–Trinajstić information content (AvgIpc) is 2.86. The Balaban J connectivity index is 1.86. The second-order valence-corrected chi connectivity index (χ2v) is 6.83. The molecule has 22 heavy (non-hydrogen) atoms. The predicted octanol–water partition coefficient (Wildman–Crippen LogP) is 0.984. The molecule has 7 nitrogen and oxygen atoms in total. The third kappa shape index (κ3) is 4.41. The van der Waals surface area contributed by atoms with Gasteiger partial charge in [-0.1, -0.05) is 0 Å². The Labute approximate surface area is 130 Å². The van der Waals surface area contributed by atoms with E-state index in [9.17, 15) is 14.7 Å². The standard InChI is InChI=1S/C15H25NO6/c1-14(2,3)22-13(19)16-9-12(18)10-8-15(5-4-11(10)17)20-6-7-21-15/h10,12,18H,4-9H2,1-3H3,(H,16,19). The lowest BCUT2D eigenvalue weighted by Gasteiger charge is -2.37. The Morgan fingerprint density at radius 1 is 1.45 bits per heavy atom. The summed E-state index contributed by atoms with van der Waals surface area (Å²) in [5.74, 6) is -1.36.